The molecule has 1 N–H and O–H groups in total. The Hall–Kier alpha value is -3.22. The minimum absolute atomic E-state index is 0.0100. The van der Waals surface area contributed by atoms with E-state index in [-0.39, 0.29) is 11.6 Å². The number of hydrogen-bond donors (Lipinski definition) is 1. The zero-order valence-electron chi connectivity index (χ0n) is 19.1. The van der Waals surface area contributed by atoms with E-state index in [1.165, 1.54) is 0 Å². The molecule has 2 aromatic rings. The molecular weight excluding hydrogens is 412 g/mol. The number of nitrogens with zero attached hydrogens (tertiary/aromatic N) is 2. The first-order chi connectivity index (χ1) is 15.2. The summed E-state index contributed by atoms with van der Waals surface area (Å²) in [5.74, 6) is -4.76. The van der Waals surface area contributed by atoms with E-state index >= 15 is 0 Å². The predicted octanol–water partition coefficient (Wildman–Crippen LogP) is 6.13. The maximum atomic E-state index is 13.0. The summed E-state index contributed by atoms with van der Waals surface area (Å²) in [5.41, 5.74) is 3.66. The lowest BCUT2D eigenvalue weighted by Gasteiger charge is -2.10. The first-order valence-electron chi connectivity index (χ1n) is 10.7. The van der Waals surface area contributed by atoms with Crippen molar-refractivity contribution in [2.24, 2.45) is 5.92 Å². The largest absolute Gasteiger partial charge is 0.310 e. The van der Waals surface area contributed by atoms with E-state index < -0.39 is 24.2 Å². The molecule has 1 aliphatic rings. The standard InChI is InChI=1S/C23H23F2N3O2.C2H6/c1-5-17(13(3)7-14(4)20(29)6-2)15-8-16-12-27-21(9-19(16)26-11-15)28-22(30)18-10-23(18,24)25;1-2/h5,7-9,11-12,18H,4,6,10H2,1-3H3,(H,27,28,30);1-2H3/b13-7-,17-5+;. The molecule has 0 aliphatic heterocycles. The molecule has 1 amide bonds. The van der Waals surface area contributed by atoms with Crippen molar-refractivity contribution in [2.75, 3.05) is 5.32 Å². The summed E-state index contributed by atoms with van der Waals surface area (Å²) in [6.07, 6.45) is 6.88. The van der Waals surface area contributed by atoms with Crippen molar-refractivity contribution in [3.8, 4) is 0 Å². The summed E-state index contributed by atoms with van der Waals surface area (Å²) in [4.78, 5) is 32.2. The highest BCUT2D eigenvalue weighted by Gasteiger charge is 2.61. The maximum Gasteiger partial charge on any atom is 0.260 e. The van der Waals surface area contributed by atoms with E-state index in [1.807, 2.05) is 39.8 Å². The fourth-order valence-electron chi connectivity index (χ4n) is 3.22. The molecule has 2 aromatic heterocycles. The third kappa shape index (κ3) is 5.72. The molecule has 3 rings (SSSR count). The van der Waals surface area contributed by atoms with E-state index in [9.17, 15) is 18.4 Å². The second-order valence-electron chi connectivity index (χ2n) is 7.32. The Morgan fingerprint density at radius 1 is 1.25 bits per heavy atom. The molecule has 0 radical (unpaired) electrons. The number of rotatable bonds is 7. The fraction of sp³-hybridized carbons (Fsp3) is 0.360. The Kier molecular flexibility index (Phi) is 8.14. The molecule has 32 heavy (non-hydrogen) atoms. The third-order valence-corrected chi connectivity index (χ3v) is 5.05. The molecule has 1 unspecified atom stereocenters. The van der Waals surface area contributed by atoms with Gasteiger partial charge in [-0.15, -0.1) is 0 Å². The van der Waals surface area contributed by atoms with Gasteiger partial charge in [-0.1, -0.05) is 33.4 Å². The van der Waals surface area contributed by atoms with Gasteiger partial charge in [0.05, 0.1) is 5.52 Å². The topological polar surface area (TPSA) is 72.0 Å². The summed E-state index contributed by atoms with van der Waals surface area (Å²) in [5, 5.41) is 3.16. The summed E-state index contributed by atoms with van der Waals surface area (Å²) in [6, 6.07) is 3.45. The molecule has 0 aromatic carbocycles. The molecule has 0 spiro atoms. The summed E-state index contributed by atoms with van der Waals surface area (Å²) >= 11 is 0. The van der Waals surface area contributed by atoms with Gasteiger partial charge in [-0.2, -0.15) is 0 Å². The fourth-order valence-corrected chi connectivity index (χ4v) is 3.22. The zero-order chi connectivity index (χ0) is 24.1. The van der Waals surface area contributed by atoms with E-state index in [4.69, 9.17) is 0 Å². The van der Waals surface area contributed by atoms with Gasteiger partial charge in [0.1, 0.15) is 11.7 Å². The van der Waals surface area contributed by atoms with Crippen LogP contribution in [0.3, 0.4) is 0 Å². The van der Waals surface area contributed by atoms with Gasteiger partial charge < -0.3 is 5.32 Å². The summed E-state index contributed by atoms with van der Waals surface area (Å²) < 4.78 is 26.1. The number of hydrogen-bond acceptors (Lipinski definition) is 4. The van der Waals surface area contributed by atoms with Gasteiger partial charge in [0.25, 0.3) is 5.92 Å². The Bertz CT molecular complexity index is 1100. The average molecular weight is 442 g/mol. The SMILES string of the molecule is C=C(/C=C(C)\C(=C/C)c1cnc2cc(NC(=O)C3CC3(F)F)ncc2c1)C(=O)CC.CC. The van der Waals surface area contributed by atoms with Crippen molar-refractivity contribution >= 4 is 34.0 Å². The minimum atomic E-state index is -2.92. The highest BCUT2D eigenvalue weighted by molar-refractivity contribution is 5.99. The van der Waals surface area contributed by atoms with E-state index in [0.717, 1.165) is 22.1 Å². The second kappa shape index (κ2) is 10.4. The van der Waals surface area contributed by atoms with Crippen molar-refractivity contribution in [1.82, 2.24) is 9.97 Å². The Morgan fingerprint density at radius 2 is 1.91 bits per heavy atom. The number of fused-ring (bicyclic) bond motifs is 1. The molecule has 1 atom stereocenters. The van der Waals surface area contributed by atoms with Crippen LogP contribution in [0.1, 0.15) is 53.0 Å². The molecular formula is C25H29F2N3O2. The minimum Gasteiger partial charge on any atom is -0.310 e. The smallest absolute Gasteiger partial charge is 0.260 e. The van der Waals surface area contributed by atoms with Gasteiger partial charge in [-0.05, 0) is 37.1 Å². The molecule has 7 heteroatoms. The first kappa shape index (κ1) is 25.0. The number of allylic oxidation sites excluding steroid dienone is 5. The number of alkyl halides is 2. The van der Waals surface area contributed by atoms with Crippen LogP contribution in [0.5, 0.6) is 0 Å². The van der Waals surface area contributed by atoms with Crippen LogP contribution < -0.4 is 5.32 Å². The van der Waals surface area contributed by atoms with Crippen molar-refractivity contribution in [2.45, 2.75) is 53.4 Å². The number of Topliss-reactive ketones (excluding diaryl/α,β-unsaturated/α-hetero) is 1. The van der Waals surface area contributed by atoms with Crippen LogP contribution in [0.4, 0.5) is 14.6 Å². The molecule has 0 bridgehead atoms. The molecule has 5 nitrogen and oxygen atoms in total. The van der Waals surface area contributed by atoms with Crippen molar-refractivity contribution in [3.63, 3.8) is 0 Å². The molecule has 170 valence electrons. The van der Waals surface area contributed by atoms with Gasteiger partial charge in [0.15, 0.2) is 5.78 Å². The monoisotopic (exact) mass is 441 g/mol. The zero-order valence-corrected chi connectivity index (χ0v) is 19.1. The summed E-state index contributed by atoms with van der Waals surface area (Å²) in [6.45, 7) is 13.4. The lowest BCUT2D eigenvalue weighted by Crippen LogP contribution is -2.18. The summed E-state index contributed by atoms with van der Waals surface area (Å²) in [7, 11) is 0. The van der Waals surface area contributed by atoms with E-state index in [2.05, 4.69) is 21.9 Å². The Balaban J connectivity index is 0.00000176. The van der Waals surface area contributed by atoms with Crippen LogP contribution in [-0.2, 0) is 9.59 Å². The lowest BCUT2D eigenvalue weighted by atomic mass is 9.96. The van der Waals surface area contributed by atoms with Crippen LogP contribution in [0.25, 0.3) is 16.5 Å². The number of carbonyl (C=O) groups is 2. The van der Waals surface area contributed by atoms with Crippen LogP contribution in [-0.4, -0.2) is 27.6 Å². The van der Waals surface area contributed by atoms with Gasteiger partial charge >= 0.3 is 0 Å². The number of nitrogens with one attached hydrogen (secondary N) is 1. The number of anilines is 1. The Morgan fingerprint density at radius 3 is 2.47 bits per heavy atom. The van der Waals surface area contributed by atoms with Crippen LogP contribution in [0, 0.1) is 5.92 Å². The molecule has 1 aliphatic carbocycles. The number of pyridine rings is 2. The number of aromatic nitrogens is 2. The molecule has 2 heterocycles. The highest BCUT2D eigenvalue weighted by Crippen LogP contribution is 2.49. The quantitative estimate of drug-likeness (QED) is 0.414. The number of ketones is 1. The lowest BCUT2D eigenvalue weighted by molar-refractivity contribution is -0.119. The van der Waals surface area contributed by atoms with Gasteiger partial charge in [0.2, 0.25) is 5.91 Å². The van der Waals surface area contributed by atoms with Crippen molar-refractivity contribution in [3.05, 3.63) is 60.0 Å². The van der Waals surface area contributed by atoms with Crippen molar-refractivity contribution < 1.29 is 18.4 Å². The molecule has 0 saturated heterocycles. The van der Waals surface area contributed by atoms with Crippen LogP contribution in [0.2, 0.25) is 0 Å². The number of amides is 1. The normalized spacial score (nSPS) is 17.3. The average Bonchev–Trinajstić information content (AvgIpc) is 3.43. The molecule has 1 saturated carbocycles. The van der Waals surface area contributed by atoms with Crippen LogP contribution in [0.15, 0.2) is 54.4 Å². The number of carbonyl (C=O) groups excluding carboxylic acids is 2. The number of halogens is 2. The van der Waals surface area contributed by atoms with Gasteiger partial charge in [-0.25, -0.2) is 13.8 Å². The maximum absolute atomic E-state index is 13.0. The first-order valence-corrected chi connectivity index (χ1v) is 10.7. The highest BCUT2D eigenvalue weighted by atomic mass is 19.3. The Labute approximate surface area is 187 Å². The van der Waals surface area contributed by atoms with Gasteiger partial charge in [0, 0.05) is 47.8 Å². The predicted molar refractivity (Wildman–Crippen MR) is 124 cm³/mol. The van der Waals surface area contributed by atoms with Crippen molar-refractivity contribution in [1.29, 1.82) is 0 Å². The second-order valence-corrected chi connectivity index (χ2v) is 7.32. The molecule has 1 fully saturated rings. The van der Waals surface area contributed by atoms with Crippen LogP contribution >= 0.6 is 0 Å². The van der Waals surface area contributed by atoms with E-state index in [0.29, 0.717) is 17.5 Å². The third-order valence-electron chi connectivity index (χ3n) is 5.05. The van der Waals surface area contributed by atoms with Gasteiger partial charge in [-0.3, -0.25) is 14.6 Å². The van der Waals surface area contributed by atoms with E-state index in [1.54, 1.807) is 31.5 Å².